The van der Waals surface area contributed by atoms with Crippen LogP contribution in [0.2, 0.25) is 0 Å². The van der Waals surface area contributed by atoms with Crippen molar-refractivity contribution in [2.45, 2.75) is 11.8 Å². The van der Waals surface area contributed by atoms with Gasteiger partial charge in [-0.15, -0.1) is 0 Å². The molecule has 0 saturated carbocycles. The molecule has 0 fully saturated rings. The van der Waals surface area contributed by atoms with Crippen LogP contribution < -0.4 is 10.5 Å². The van der Waals surface area contributed by atoms with Crippen LogP contribution in [0.4, 0.5) is 0 Å². The minimum Gasteiger partial charge on any atom is -0.330 e. The topological polar surface area (TPSA) is 101 Å². The molecule has 0 saturated heterocycles. The number of nitrogens with zero attached hydrogens (tertiary/aromatic N) is 1. The lowest BCUT2D eigenvalue weighted by Gasteiger charge is -2.09. The number of hydrogen-bond acceptors (Lipinski definition) is 4. The summed E-state index contributed by atoms with van der Waals surface area (Å²) in [6.07, 6.45) is 2.59. The number of sulfonamides is 1. The molecule has 4 N–H and O–H groups in total. The summed E-state index contributed by atoms with van der Waals surface area (Å²) in [6, 6.07) is 0. The van der Waals surface area contributed by atoms with Crippen molar-refractivity contribution < 1.29 is 8.42 Å². The molecule has 7 heteroatoms. The first-order valence-electron chi connectivity index (χ1n) is 4.25. The zero-order valence-corrected chi connectivity index (χ0v) is 8.71. The van der Waals surface area contributed by atoms with Crippen molar-refractivity contribution in [3.63, 3.8) is 0 Å². The average Bonchev–Trinajstić information content (AvgIpc) is 2.67. The molecule has 6 nitrogen and oxygen atoms in total. The smallest absolute Gasteiger partial charge is 0.243 e. The van der Waals surface area contributed by atoms with E-state index in [9.17, 15) is 8.42 Å². The van der Waals surface area contributed by atoms with E-state index in [1.54, 1.807) is 0 Å². The van der Waals surface area contributed by atoms with Gasteiger partial charge in [-0.05, 0) is 12.5 Å². The largest absolute Gasteiger partial charge is 0.330 e. The van der Waals surface area contributed by atoms with Gasteiger partial charge in [0.25, 0.3) is 0 Å². The highest BCUT2D eigenvalue weighted by Gasteiger charge is 2.15. The standard InChI is InChI=1S/C7H14N4O2S/c1-6(2-8)3-11-14(12,13)7-4-9-10-5-7/h4-6,11H,2-3,8H2,1H3,(H,9,10). The number of rotatable bonds is 5. The number of hydrogen-bond donors (Lipinski definition) is 3. The second-order valence-corrected chi connectivity index (χ2v) is 4.89. The van der Waals surface area contributed by atoms with E-state index in [4.69, 9.17) is 5.73 Å². The van der Waals surface area contributed by atoms with Crippen LogP contribution in [0.3, 0.4) is 0 Å². The van der Waals surface area contributed by atoms with E-state index in [0.29, 0.717) is 13.1 Å². The number of nitrogens with two attached hydrogens (primary N) is 1. The van der Waals surface area contributed by atoms with E-state index >= 15 is 0 Å². The molecule has 0 amide bonds. The highest BCUT2D eigenvalue weighted by atomic mass is 32.2. The summed E-state index contributed by atoms with van der Waals surface area (Å²) in [5, 5.41) is 6.01. The summed E-state index contributed by atoms with van der Waals surface area (Å²) >= 11 is 0. The molecule has 0 aliphatic rings. The molecule has 1 atom stereocenters. The number of aromatic nitrogens is 2. The van der Waals surface area contributed by atoms with Crippen LogP contribution in [-0.4, -0.2) is 31.7 Å². The van der Waals surface area contributed by atoms with Crippen molar-refractivity contribution >= 4 is 10.0 Å². The molecule has 1 heterocycles. The van der Waals surface area contributed by atoms with Crippen LogP contribution in [-0.2, 0) is 10.0 Å². The second-order valence-electron chi connectivity index (χ2n) is 3.13. The zero-order chi connectivity index (χ0) is 10.6. The lowest BCUT2D eigenvalue weighted by atomic mass is 10.2. The summed E-state index contributed by atoms with van der Waals surface area (Å²) in [5.74, 6) is 0.122. The van der Waals surface area contributed by atoms with Crippen LogP contribution in [0.1, 0.15) is 6.92 Å². The molecule has 0 aliphatic carbocycles. The molecule has 0 spiro atoms. The molecular weight excluding hydrogens is 204 g/mol. The molecule has 1 rings (SSSR count). The van der Waals surface area contributed by atoms with Crippen molar-refractivity contribution in [3.8, 4) is 0 Å². The minimum atomic E-state index is -3.42. The fraction of sp³-hybridized carbons (Fsp3) is 0.571. The maximum absolute atomic E-state index is 11.5. The van der Waals surface area contributed by atoms with Gasteiger partial charge in [0.15, 0.2) is 0 Å². The molecular formula is C7H14N4O2S. The van der Waals surface area contributed by atoms with Crippen LogP contribution >= 0.6 is 0 Å². The van der Waals surface area contributed by atoms with Crippen molar-refractivity contribution in [1.29, 1.82) is 0 Å². The van der Waals surface area contributed by atoms with Crippen LogP contribution in [0.25, 0.3) is 0 Å². The Morgan fingerprint density at radius 3 is 2.93 bits per heavy atom. The van der Waals surface area contributed by atoms with E-state index < -0.39 is 10.0 Å². The Morgan fingerprint density at radius 1 is 1.71 bits per heavy atom. The number of H-pyrrole nitrogens is 1. The van der Waals surface area contributed by atoms with E-state index in [-0.39, 0.29) is 10.8 Å². The molecule has 0 radical (unpaired) electrons. The van der Waals surface area contributed by atoms with Gasteiger partial charge in [-0.1, -0.05) is 6.92 Å². The molecule has 14 heavy (non-hydrogen) atoms. The third-order valence-corrected chi connectivity index (χ3v) is 3.20. The lowest BCUT2D eigenvalue weighted by Crippen LogP contribution is -2.31. The third-order valence-electron chi connectivity index (χ3n) is 1.81. The normalized spacial score (nSPS) is 14.1. The molecule has 1 aromatic heterocycles. The van der Waals surface area contributed by atoms with Gasteiger partial charge in [-0.25, -0.2) is 13.1 Å². The average molecular weight is 218 g/mol. The third kappa shape index (κ3) is 2.79. The predicted octanol–water partition coefficient (Wildman–Crippen LogP) is -0.717. The first-order valence-corrected chi connectivity index (χ1v) is 5.73. The Balaban J connectivity index is 2.60. The van der Waals surface area contributed by atoms with Gasteiger partial charge in [-0.3, -0.25) is 5.10 Å². The maximum Gasteiger partial charge on any atom is 0.243 e. The van der Waals surface area contributed by atoms with E-state index in [0.717, 1.165) is 0 Å². The van der Waals surface area contributed by atoms with E-state index in [1.165, 1.54) is 12.4 Å². The summed E-state index contributed by atoms with van der Waals surface area (Å²) in [6.45, 7) is 2.66. The SMILES string of the molecule is CC(CN)CNS(=O)(=O)c1cn[nH]c1. The fourth-order valence-corrected chi connectivity index (χ4v) is 1.87. The Kier molecular flexibility index (Phi) is 3.62. The Hall–Kier alpha value is -0.920. The zero-order valence-electron chi connectivity index (χ0n) is 7.90. The van der Waals surface area contributed by atoms with E-state index in [1.807, 2.05) is 6.92 Å². The first kappa shape index (κ1) is 11.2. The van der Waals surface area contributed by atoms with Gasteiger partial charge < -0.3 is 5.73 Å². The summed E-state index contributed by atoms with van der Waals surface area (Å²) in [7, 11) is -3.42. The summed E-state index contributed by atoms with van der Waals surface area (Å²) in [4.78, 5) is 0.140. The van der Waals surface area contributed by atoms with Crippen LogP contribution in [0.15, 0.2) is 17.3 Å². The fourth-order valence-electron chi connectivity index (χ4n) is 0.805. The monoisotopic (exact) mass is 218 g/mol. The summed E-state index contributed by atoms with van der Waals surface area (Å²) in [5.41, 5.74) is 5.37. The molecule has 80 valence electrons. The number of nitrogens with one attached hydrogen (secondary N) is 2. The molecule has 1 aromatic rings. The minimum absolute atomic E-state index is 0.122. The van der Waals surface area contributed by atoms with Gasteiger partial charge in [-0.2, -0.15) is 5.10 Å². The second kappa shape index (κ2) is 4.54. The van der Waals surface area contributed by atoms with Crippen molar-refractivity contribution in [2.75, 3.05) is 13.1 Å². The number of aromatic amines is 1. The Morgan fingerprint density at radius 2 is 2.43 bits per heavy atom. The van der Waals surface area contributed by atoms with Crippen LogP contribution in [0, 0.1) is 5.92 Å². The highest BCUT2D eigenvalue weighted by molar-refractivity contribution is 7.89. The summed E-state index contributed by atoms with van der Waals surface area (Å²) < 4.78 is 25.4. The van der Waals surface area contributed by atoms with Gasteiger partial charge in [0.05, 0.1) is 6.20 Å². The Bertz CT molecular complexity index is 359. The van der Waals surface area contributed by atoms with Gasteiger partial charge in [0.1, 0.15) is 4.90 Å². The maximum atomic E-state index is 11.5. The van der Waals surface area contributed by atoms with Gasteiger partial charge >= 0.3 is 0 Å². The van der Waals surface area contributed by atoms with Crippen LogP contribution in [0.5, 0.6) is 0 Å². The lowest BCUT2D eigenvalue weighted by molar-refractivity contribution is 0.545. The van der Waals surface area contributed by atoms with Gasteiger partial charge in [0, 0.05) is 12.7 Å². The Labute approximate surface area is 82.9 Å². The molecule has 0 aliphatic heterocycles. The molecule has 0 aromatic carbocycles. The highest BCUT2D eigenvalue weighted by Crippen LogP contribution is 2.04. The molecule has 0 bridgehead atoms. The van der Waals surface area contributed by atoms with Crippen molar-refractivity contribution in [2.24, 2.45) is 11.7 Å². The molecule has 1 unspecified atom stereocenters. The predicted molar refractivity (Wildman–Crippen MR) is 52.0 cm³/mol. The van der Waals surface area contributed by atoms with Crippen molar-refractivity contribution in [1.82, 2.24) is 14.9 Å². The van der Waals surface area contributed by atoms with Gasteiger partial charge in [0.2, 0.25) is 10.0 Å². The van der Waals surface area contributed by atoms with E-state index in [2.05, 4.69) is 14.9 Å². The van der Waals surface area contributed by atoms with Crippen molar-refractivity contribution in [3.05, 3.63) is 12.4 Å². The first-order chi connectivity index (χ1) is 6.56. The quantitative estimate of drug-likeness (QED) is 0.607.